The molecule has 2 aromatic heterocycles. The maximum atomic E-state index is 13.9. The van der Waals surface area contributed by atoms with E-state index in [9.17, 15) is 29.7 Å². The molecule has 1 fully saturated rings. The topological polar surface area (TPSA) is 211 Å². The van der Waals surface area contributed by atoms with Gasteiger partial charge in [0.25, 0.3) is 0 Å². The Morgan fingerprint density at radius 2 is 1.48 bits per heavy atom. The third-order valence-electron chi connectivity index (χ3n) is 10.7. The summed E-state index contributed by atoms with van der Waals surface area (Å²) in [4.78, 5) is 46.3. The Bertz CT molecular complexity index is 2520. The summed E-state index contributed by atoms with van der Waals surface area (Å²) < 4.78 is 35.1. The molecule has 16 nitrogen and oxygen atoms in total. The minimum Gasteiger partial charge on any atom is -0.508 e. The zero-order valence-corrected chi connectivity index (χ0v) is 37.8. The average Bonchev–Trinajstić information content (AvgIpc) is 4.07. The predicted octanol–water partition coefficient (Wildman–Crippen LogP) is 6.66. The van der Waals surface area contributed by atoms with E-state index in [0.29, 0.717) is 49.4 Å². The standard InChI is InChI=1S/C49H54N4O12S/c1-49(2,3)46(48(59)53-28-36(56)24-40(53)47(58)51-26-31-4-6-32(7-5-31)41-27-50-30-64-41)52-43(57)29-62-21-20-60-18-19-61-22-23-63-37-13-15-38(16-14-37)65-44-39-17-12-35(55)25-42(39)66-45(44)33-8-10-34(54)11-9-33/h4-17,25,27,30,36,40,46,54-56H,18-24,26,28-29H2,1-3H3,(H,51,58)(H,52,57)/t36-,40+,46-/m1/s1. The quantitative estimate of drug-likeness (QED) is 0.0479. The van der Waals surface area contributed by atoms with Crippen molar-refractivity contribution in [2.75, 3.05) is 52.8 Å². The third-order valence-corrected chi connectivity index (χ3v) is 11.9. The van der Waals surface area contributed by atoms with Crippen molar-refractivity contribution in [1.82, 2.24) is 20.5 Å². The van der Waals surface area contributed by atoms with Crippen LogP contribution in [0.25, 0.3) is 31.9 Å². The first-order chi connectivity index (χ1) is 31.8. The van der Waals surface area contributed by atoms with Crippen LogP contribution in [0.5, 0.6) is 28.7 Å². The number of carbonyl (C=O) groups is 3. The molecule has 1 saturated heterocycles. The normalized spacial score (nSPS) is 15.4. The monoisotopic (exact) mass is 922 g/mol. The lowest BCUT2D eigenvalue weighted by molar-refractivity contribution is -0.144. The first kappa shape index (κ1) is 47.5. The van der Waals surface area contributed by atoms with Gasteiger partial charge in [-0.2, -0.15) is 0 Å². The van der Waals surface area contributed by atoms with Crippen molar-refractivity contribution in [1.29, 1.82) is 0 Å². The van der Waals surface area contributed by atoms with E-state index < -0.39 is 41.3 Å². The molecule has 0 radical (unpaired) electrons. The van der Waals surface area contributed by atoms with Crippen molar-refractivity contribution >= 4 is 39.1 Å². The van der Waals surface area contributed by atoms with E-state index in [4.69, 9.17) is 28.1 Å². The molecule has 0 unspecified atom stereocenters. The number of likely N-dealkylation sites (tertiary alicyclic amines) is 1. The number of aromatic hydroxyl groups is 2. The number of thiophene rings is 1. The molecule has 0 spiro atoms. The van der Waals surface area contributed by atoms with E-state index >= 15 is 0 Å². The van der Waals surface area contributed by atoms with Crippen LogP contribution in [-0.2, 0) is 35.1 Å². The van der Waals surface area contributed by atoms with Gasteiger partial charge in [-0.15, -0.1) is 11.3 Å². The summed E-state index contributed by atoms with van der Waals surface area (Å²) >= 11 is 1.49. The number of β-amino-alcohol motifs (C(OH)–C–C–N with tert-alkyl or cyclic N) is 1. The second kappa shape index (κ2) is 22.1. The zero-order chi connectivity index (χ0) is 46.6. The van der Waals surface area contributed by atoms with Crippen molar-refractivity contribution in [2.24, 2.45) is 5.41 Å². The number of benzene rings is 4. The number of phenolic OH excluding ortho intramolecular Hbond substituents is 2. The number of oxazole rings is 1. The third kappa shape index (κ3) is 12.6. The Kier molecular flexibility index (Phi) is 15.9. The van der Waals surface area contributed by atoms with Gasteiger partial charge in [0.05, 0.1) is 50.2 Å². The zero-order valence-electron chi connectivity index (χ0n) is 36.9. The SMILES string of the molecule is CC(C)(C)[C@H](NC(=O)COCCOCCOCCOc1ccc(Oc2c(-c3ccc(O)cc3)sc3cc(O)ccc23)cc1)C(=O)N1C[C@H](O)C[C@H]1C(=O)NCc1ccc(-c2cnco2)cc1. The van der Waals surface area contributed by atoms with Crippen LogP contribution in [0.2, 0.25) is 0 Å². The number of carbonyl (C=O) groups excluding carboxylic acids is 3. The number of amides is 3. The van der Waals surface area contributed by atoms with E-state index in [1.54, 1.807) is 30.5 Å². The van der Waals surface area contributed by atoms with Crippen LogP contribution in [0.3, 0.4) is 0 Å². The van der Waals surface area contributed by atoms with Gasteiger partial charge >= 0.3 is 0 Å². The summed E-state index contributed by atoms with van der Waals surface area (Å²) in [7, 11) is 0. The molecule has 3 heterocycles. The van der Waals surface area contributed by atoms with E-state index in [0.717, 1.165) is 31.7 Å². The fourth-order valence-electron chi connectivity index (χ4n) is 7.29. The van der Waals surface area contributed by atoms with Crippen LogP contribution in [0.1, 0.15) is 32.8 Å². The van der Waals surface area contributed by atoms with E-state index in [1.165, 1.54) is 22.6 Å². The number of hydrogen-bond acceptors (Lipinski definition) is 14. The number of ether oxygens (including phenoxy) is 5. The molecular weight excluding hydrogens is 869 g/mol. The molecule has 17 heteroatoms. The van der Waals surface area contributed by atoms with Gasteiger partial charge in [0, 0.05) is 35.2 Å². The summed E-state index contributed by atoms with van der Waals surface area (Å²) in [5, 5.41) is 36.9. The number of aromatic nitrogens is 1. The fourth-order valence-corrected chi connectivity index (χ4v) is 8.45. The highest BCUT2D eigenvalue weighted by Crippen LogP contribution is 2.47. The van der Waals surface area contributed by atoms with Crippen molar-refractivity contribution in [3.05, 3.63) is 109 Å². The molecule has 0 aliphatic carbocycles. The number of nitrogens with one attached hydrogen (secondary N) is 2. The van der Waals surface area contributed by atoms with Crippen molar-refractivity contribution in [2.45, 2.75) is 51.9 Å². The number of aliphatic hydroxyl groups is 1. The molecule has 66 heavy (non-hydrogen) atoms. The highest BCUT2D eigenvalue weighted by Gasteiger charge is 2.44. The lowest BCUT2D eigenvalue weighted by Gasteiger charge is -2.35. The second-order valence-corrected chi connectivity index (χ2v) is 17.8. The van der Waals surface area contributed by atoms with Gasteiger partial charge in [-0.1, -0.05) is 45.0 Å². The number of hydrogen-bond donors (Lipinski definition) is 5. The largest absolute Gasteiger partial charge is 0.508 e. The van der Waals surface area contributed by atoms with Gasteiger partial charge in [0.15, 0.2) is 17.9 Å². The average molecular weight is 923 g/mol. The van der Waals surface area contributed by atoms with Gasteiger partial charge in [0.2, 0.25) is 17.7 Å². The molecule has 1 aliphatic rings. The maximum absolute atomic E-state index is 13.9. The Morgan fingerprint density at radius 3 is 2.17 bits per heavy atom. The lowest BCUT2D eigenvalue weighted by Crippen LogP contribution is -2.58. The van der Waals surface area contributed by atoms with E-state index in [1.807, 2.05) is 87.5 Å². The first-order valence-electron chi connectivity index (χ1n) is 21.5. The van der Waals surface area contributed by atoms with Gasteiger partial charge in [-0.25, -0.2) is 4.98 Å². The summed E-state index contributed by atoms with van der Waals surface area (Å²) in [6.45, 7) is 6.96. The molecule has 1 aliphatic heterocycles. The lowest BCUT2D eigenvalue weighted by atomic mass is 9.85. The van der Waals surface area contributed by atoms with Gasteiger partial charge < -0.3 is 59.0 Å². The summed E-state index contributed by atoms with van der Waals surface area (Å²) in [6.07, 6.45) is 2.16. The van der Waals surface area contributed by atoms with Crippen molar-refractivity contribution in [3.8, 4) is 50.5 Å². The van der Waals surface area contributed by atoms with Crippen LogP contribution in [-0.4, -0.2) is 114 Å². The summed E-state index contributed by atoms with van der Waals surface area (Å²) in [6, 6.07) is 24.8. The molecule has 5 N–H and O–H groups in total. The van der Waals surface area contributed by atoms with E-state index in [-0.39, 0.29) is 50.8 Å². The van der Waals surface area contributed by atoms with Crippen LogP contribution < -0.4 is 20.1 Å². The van der Waals surface area contributed by atoms with Crippen LogP contribution >= 0.6 is 11.3 Å². The molecule has 3 atom stereocenters. The van der Waals surface area contributed by atoms with Crippen LogP contribution in [0, 0.1) is 5.41 Å². The number of fused-ring (bicyclic) bond motifs is 1. The minimum absolute atomic E-state index is 0.0331. The molecule has 7 rings (SSSR count). The van der Waals surface area contributed by atoms with Crippen molar-refractivity contribution < 1.29 is 57.8 Å². The van der Waals surface area contributed by atoms with Gasteiger partial charge in [0.1, 0.15) is 48.3 Å². The molecule has 6 aromatic rings. The number of rotatable bonds is 21. The Labute approximate surface area is 386 Å². The summed E-state index contributed by atoms with van der Waals surface area (Å²) in [5.41, 5.74) is 1.85. The van der Waals surface area contributed by atoms with Gasteiger partial charge in [-0.3, -0.25) is 14.4 Å². The molecule has 0 saturated carbocycles. The Morgan fingerprint density at radius 1 is 0.833 bits per heavy atom. The predicted molar refractivity (Wildman–Crippen MR) is 246 cm³/mol. The molecule has 3 amide bonds. The fraction of sp³-hybridized carbons (Fsp3) is 0.347. The molecule has 348 valence electrons. The smallest absolute Gasteiger partial charge is 0.246 e. The van der Waals surface area contributed by atoms with Gasteiger partial charge in [-0.05, 0) is 83.3 Å². The molecule has 0 bridgehead atoms. The molecule has 4 aromatic carbocycles. The molecular formula is C49H54N4O12S. The Hall–Kier alpha value is -6.50. The highest BCUT2D eigenvalue weighted by atomic mass is 32.1. The summed E-state index contributed by atoms with van der Waals surface area (Å²) in [5.74, 6) is 1.50. The number of aliphatic hydroxyl groups excluding tert-OH is 1. The Balaban J connectivity index is 0.770. The minimum atomic E-state index is -0.981. The second-order valence-electron chi connectivity index (χ2n) is 16.7. The van der Waals surface area contributed by atoms with E-state index in [2.05, 4.69) is 15.6 Å². The van der Waals surface area contributed by atoms with Crippen LogP contribution in [0.15, 0.2) is 108 Å². The van der Waals surface area contributed by atoms with Crippen LogP contribution in [0.4, 0.5) is 0 Å². The highest BCUT2D eigenvalue weighted by molar-refractivity contribution is 7.22. The number of nitrogens with zero attached hydrogens (tertiary/aromatic N) is 2. The first-order valence-corrected chi connectivity index (χ1v) is 22.4. The maximum Gasteiger partial charge on any atom is 0.246 e. The number of phenols is 2. The van der Waals surface area contributed by atoms with Crippen molar-refractivity contribution in [3.63, 3.8) is 0 Å².